The van der Waals surface area contributed by atoms with E-state index in [1.165, 1.54) is 0 Å². The molecule has 1 aliphatic rings. The molecule has 6 heteroatoms. The van der Waals surface area contributed by atoms with E-state index < -0.39 is 0 Å². The zero-order chi connectivity index (χ0) is 17.9. The fourth-order valence-electron chi connectivity index (χ4n) is 2.88. The van der Waals surface area contributed by atoms with Gasteiger partial charge in [-0.2, -0.15) is 5.26 Å². The first kappa shape index (κ1) is 19.2. The number of hydrogen-bond acceptors (Lipinski definition) is 4. The second-order valence-corrected chi connectivity index (χ2v) is 6.15. The Hall–Kier alpha value is -2.10. The van der Waals surface area contributed by atoms with Crippen molar-refractivity contribution in [1.82, 2.24) is 10.2 Å². The van der Waals surface area contributed by atoms with Gasteiger partial charge in [-0.3, -0.25) is 0 Å². The summed E-state index contributed by atoms with van der Waals surface area (Å²) < 4.78 is 10.7. The van der Waals surface area contributed by atoms with Gasteiger partial charge in [0.05, 0.1) is 38.0 Å². The van der Waals surface area contributed by atoms with E-state index in [-0.39, 0.29) is 0 Å². The number of rotatable bonds is 8. The second-order valence-electron chi connectivity index (χ2n) is 6.15. The van der Waals surface area contributed by atoms with Crippen LogP contribution >= 0.6 is 0 Å². The Morgan fingerprint density at radius 2 is 2.32 bits per heavy atom. The molecule has 1 aliphatic heterocycles. The molecule has 1 aromatic carbocycles. The summed E-state index contributed by atoms with van der Waals surface area (Å²) in [5.74, 6) is 1.46. The average molecular weight is 344 g/mol. The smallest absolute Gasteiger partial charge is 0.194 e. The summed E-state index contributed by atoms with van der Waals surface area (Å²) in [4.78, 5) is 7.04. The van der Waals surface area contributed by atoms with Crippen LogP contribution in [0.1, 0.15) is 24.5 Å². The fourth-order valence-corrected chi connectivity index (χ4v) is 2.88. The van der Waals surface area contributed by atoms with E-state index >= 15 is 0 Å². The Labute approximate surface area is 150 Å². The minimum absolute atomic E-state index is 0.530. The first-order chi connectivity index (χ1) is 12.3. The van der Waals surface area contributed by atoms with Gasteiger partial charge in [-0.05, 0) is 31.0 Å². The maximum absolute atomic E-state index is 9.00. The topological polar surface area (TPSA) is 69.9 Å². The van der Waals surface area contributed by atoms with Crippen LogP contribution in [0.2, 0.25) is 0 Å². The number of methoxy groups -OCH3 is 1. The first-order valence-electron chi connectivity index (χ1n) is 8.85. The molecule has 1 unspecified atom stereocenters. The van der Waals surface area contributed by atoms with Gasteiger partial charge in [-0.15, -0.1) is 0 Å². The van der Waals surface area contributed by atoms with Crippen molar-refractivity contribution in [2.24, 2.45) is 10.9 Å². The van der Waals surface area contributed by atoms with Gasteiger partial charge in [0, 0.05) is 32.7 Å². The van der Waals surface area contributed by atoms with Gasteiger partial charge in [-0.1, -0.05) is 12.1 Å². The zero-order valence-electron chi connectivity index (χ0n) is 15.2. The fraction of sp³-hybridized carbons (Fsp3) is 0.579. The minimum Gasteiger partial charge on any atom is -0.382 e. The van der Waals surface area contributed by atoms with E-state index in [2.05, 4.69) is 23.2 Å². The maximum Gasteiger partial charge on any atom is 0.194 e. The summed E-state index contributed by atoms with van der Waals surface area (Å²) in [6.07, 6.45) is 1.11. The van der Waals surface area contributed by atoms with Crippen LogP contribution < -0.4 is 5.32 Å². The molecular weight excluding hydrogens is 316 g/mol. The van der Waals surface area contributed by atoms with Crippen LogP contribution in [0.5, 0.6) is 0 Å². The van der Waals surface area contributed by atoms with Crippen molar-refractivity contribution in [1.29, 1.82) is 5.26 Å². The number of guanidine groups is 1. The molecule has 25 heavy (non-hydrogen) atoms. The molecule has 0 aliphatic carbocycles. The predicted octanol–water partition coefficient (Wildman–Crippen LogP) is 2.01. The highest BCUT2D eigenvalue weighted by Gasteiger charge is 2.24. The van der Waals surface area contributed by atoms with Crippen LogP contribution in [0.4, 0.5) is 0 Å². The van der Waals surface area contributed by atoms with Gasteiger partial charge < -0.3 is 19.7 Å². The third-order valence-corrected chi connectivity index (χ3v) is 4.17. The van der Waals surface area contributed by atoms with Gasteiger partial charge in [0.2, 0.25) is 0 Å². The zero-order valence-corrected chi connectivity index (χ0v) is 15.2. The number of aliphatic imine (C=N–C) groups is 1. The predicted molar refractivity (Wildman–Crippen MR) is 98.3 cm³/mol. The Morgan fingerprint density at radius 1 is 1.44 bits per heavy atom. The molecule has 1 N–H and O–H groups in total. The molecule has 0 amide bonds. The van der Waals surface area contributed by atoms with Gasteiger partial charge in [-0.25, -0.2) is 4.99 Å². The van der Waals surface area contributed by atoms with Crippen LogP contribution in [0.15, 0.2) is 29.3 Å². The van der Waals surface area contributed by atoms with E-state index in [1.54, 1.807) is 7.11 Å². The van der Waals surface area contributed by atoms with Crippen LogP contribution in [-0.4, -0.2) is 57.4 Å². The van der Waals surface area contributed by atoms with Crippen LogP contribution in [0.25, 0.3) is 0 Å². The van der Waals surface area contributed by atoms with Crippen molar-refractivity contribution in [3.8, 4) is 6.07 Å². The summed E-state index contributed by atoms with van der Waals surface area (Å²) in [5.41, 5.74) is 1.72. The highest BCUT2D eigenvalue weighted by molar-refractivity contribution is 5.80. The highest BCUT2D eigenvalue weighted by Crippen LogP contribution is 2.17. The number of nitriles is 1. The van der Waals surface area contributed by atoms with Gasteiger partial charge in [0.1, 0.15) is 0 Å². The van der Waals surface area contributed by atoms with Crippen molar-refractivity contribution in [3.63, 3.8) is 0 Å². The van der Waals surface area contributed by atoms with Gasteiger partial charge in [0.15, 0.2) is 5.96 Å². The molecule has 2 rings (SSSR count). The largest absolute Gasteiger partial charge is 0.382 e. The number of likely N-dealkylation sites (tertiary alicyclic amines) is 1. The molecular formula is C19H28N4O2. The van der Waals surface area contributed by atoms with Crippen molar-refractivity contribution in [2.75, 3.05) is 46.6 Å². The lowest BCUT2D eigenvalue weighted by molar-refractivity contribution is 0.0536. The van der Waals surface area contributed by atoms with Crippen LogP contribution in [0.3, 0.4) is 0 Å². The molecule has 1 fully saturated rings. The Bertz CT molecular complexity index is 597. The molecule has 136 valence electrons. The number of benzene rings is 1. The molecule has 0 saturated carbocycles. The highest BCUT2D eigenvalue weighted by atomic mass is 16.5. The summed E-state index contributed by atoms with van der Waals surface area (Å²) in [5, 5.41) is 12.4. The maximum atomic E-state index is 9.00. The number of nitrogens with one attached hydrogen (secondary N) is 1. The number of nitrogens with zero attached hydrogens (tertiary/aromatic N) is 3. The second kappa shape index (κ2) is 10.7. The van der Waals surface area contributed by atoms with Crippen molar-refractivity contribution < 1.29 is 9.47 Å². The van der Waals surface area contributed by atoms with Gasteiger partial charge in [0.25, 0.3) is 0 Å². The average Bonchev–Trinajstić information content (AvgIpc) is 3.11. The molecule has 6 nitrogen and oxygen atoms in total. The minimum atomic E-state index is 0.530. The molecule has 0 bridgehead atoms. The van der Waals surface area contributed by atoms with E-state index in [1.807, 2.05) is 24.3 Å². The lowest BCUT2D eigenvalue weighted by Gasteiger charge is -2.21. The van der Waals surface area contributed by atoms with E-state index in [9.17, 15) is 0 Å². The number of ether oxygens (including phenoxy) is 2. The summed E-state index contributed by atoms with van der Waals surface area (Å²) in [7, 11) is 1.69. The first-order valence-corrected chi connectivity index (χ1v) is 8.85. The summed E-state index contributed by atoms with van der Waals surface area (Å²) in [6, 6.07) is 9.78. The van der Waals surface area contributed by atoms with Crippen LogP contribution in [-0.2, 0) is 16.0 Å². The normalized spacial score (nSPS) is 17.6. The lowest BCUT2D eigenvalue weighted by atomic mass is 10.1. The van der Waals surface area contributed by atoms with Crippen molar-refractivity contribution in [2.45, 2.75) is 19.9 Å². The quantitative estimate of drug-likeness (QED) is 0.444. The molecule has 0 aromatic heterocycles. The van der Waals surface area contributed by atoms with Crippen molar-refractivity contribution in [3.05, 3.63) is 35.4 Å². The van der Waals surface area contributed by atoms with E-state index in [0.29, 0.717) is 31.2 Å². The van der Waals surface area contributed by atoms with Gasteiger partial charge >= 0.3 is 0 Å². The molecule has 0 spiro atoms. The number of hydrogen-bond donors (Lipinski definition) is 1. The monoisotopic (exact) mass is 344 g/mol. The molecule has 1 heterocycles. The Balaban J connectivity index is 1.90. The third-order valence-electron chi connectivity index (χ3n) is 4.17. The van der Waals surface area contributed by atoms with Crippen molar-refractivity contribution >= 4 is 5.96 Å². The molecule has 1 aromatic rings. The van der Waals surface area contributed by atoms with E-state index in [0.717, 1.165) is 44.2 Å². The molecule has 1 saturated heterocycles. The third kappa shape index (κ3) is 6.37. The van der Waals surface area contributed by atoms with Crippen LogP contribution in [0, 0.1) is 17.2 Å². The standard InChI is InChI=1S/C19H28N4O2/c1-3-21-19(22-13-17-6-4-5-16(11-17)12-20)23-8-7-18(14-23)15-25-10-9-24-2/h4-6,11,18H,3,7-10,13-15H2,1-2H3,(H,21,22). The summed E-state index contributed by atoms with van der Waals surface area (Å²) >= 11 is 0. The molecule has 1 atom stereocenters. The molecule has 0 radical (unpaired) electrons. The Kier molecular flexibility index (Phi) is 8.23. The van der Waals surface area contributed by atoms with E-state index in [4.69, 9.17) is 19.7 Å². The summed E-state index contributed by atoms with van der Waals surface area (Å²) in [6.45, 7) is 7.49. The lowest BCUT2D eigenvalue weighted by Crippen LogP contribution is -2.40. The Morgan fingerprint density at radius 3 is 3.08 bits per heavy atom. The SMILES string of the molecule is CCNC(=NCc1cccc(C#N)c1)N1CCC(COCCOC)C1.